The van der Waals surface area contributed by atoms with Crippen LogP contribution in [0.25, 0.3) is 0 Å². The first kappa shape index (κ1) is 13.2. The molecule has 4 aliphatic rings. The van der Waals surface area contributed by atoms with E-state index in [9.17, 15) is 0 Å². The molecular weight excluding hydrogens is 240 g/mol. The first-order valence-electron chi connectivity index (χ1n) is 8.93. The monoisotopic (exact) mass is 270 g/mol. The van der Waals surface area contributed by atoms with Crippen LogP contribution in [0.3, 0.4) is 0 Å². The smallest absolute Gasteiger partial charge is 0.0196 e. The van der Waals surface area contributed by atoms with E-state index in [0.29, 0.717) is 5.41 Å². The molecule has 20 heavy (non-hydrogen) atoms. The molecule has 4 aliphatic carbocycles. The van der Waals surface area contributed by atoms with Crippen LogP contribution in [0.5, 0.6) is 0 Å². The van der Waals surface area contributed by atoms with Crippen LogP contribution < -0.4 is 0 Å². The van der Waals surface area contributed by atoms with E-state index in [1.54, 1.807) is 0 Å². The third-order valence-corrected chi connectivity index (χ3v) is 7.91. The van der Waals surface area contributed by atoms with Crippen LogP contribution in [0.1, 0.15) is 51.9 Å². The van der Waals surface area contributed by atoms with Gasteiger partial charge in [0.25, 0.3) is 0 Å². The maximum Gasteiger partial charge on any atom is -0.0196 e. The van der Waals surface area contributed by atoms with Crippen molar-refractivity contribution < 1.29 is 0 Å². The van der Waals surface area contributed by atoms with Crippen molar-refractivity contribution in [3.63, 3.8) is 0 Å². The largest absolute Gasteiger partial charge is 0.103 e. The molecule has 4 fully saturated rings. The number of rotatable bonds is 3. The van der Waals surface area contributed by atoms with E-state index >= 15 is 0 Å². The Labute approximate surface area is 124 Å². The fraction of sp³-hybridized carbons (Fsp3) is 0.800. The van der Waals surface area contributed by atoms with E-state index in [-0.39, 0.29) is 0 Å². The third kappa shape index (κ3) is 1.60. The molecule has 2 bridgehead atoms. The molecule has 4 saturated carbocycles. The van der Waals surface area contributed by atoms with E-state index in [0.717, 1.165) is 41.4 Å². The van der Waals surface area contributed by atoms with Crippen molar-refractivity contribution in [2.24, 2.45) is 46.8 Å². The van der Waals surface area contributed by atoms with Crippen LogP contribution in [0.2, 0.25) is 0 Å². The van der Waals surface area contributed by atoms with Gasteiger partial charge in [0.1, 0.15) is 0 Å². The average Bonchev–Trinajstić information content (AvgIpc) is 3.18. The molecular formula is C20H30. The molecule has 0 nitrogen and oxygen atoms in total. The average molecular weight is 270 g/mol. The summed E-state index contributed by atoms with van der Waals surface area (Å²) < 4.78 is 0. The van der Waals surface area contributed by atoms with Crippen molar-refractivity contribution in [3.8, 4) is 0 Å². The van der Waals surface area contributed by atoms with Gasteiger partial charge in [0.05, 0.1) is 0 Å². The van der Waals surface area contributed by atoms with Gasteiger partial charge < -0.3 is 0 Å². The van der Waals surface area contributed by atoms with Crippen molar-refractivity contribution in [2.75, 3.05) is 0 Å². The summed E-state index contributed by atoms with van der Waals surface area (Å²) >= 11 is 0. The SMILES string of the molecule is C=CC1CC(C=C)C2C3CC(CC3C3(C)CCCC3)C12. The Morgan fingerprint density at radius 1 is 0.900 bits per heavy atom. The Balaban J connectivity index is 1.63. The maximum atomic E-state index is 4.16. The lowest BCUT2D eigenvalue weighted by Crippen LogP contribution is -2.37. The van der Waals surface area contributed by atoms with Gasteiger partial charge in [-0.3, -0.25) is 0 Å². The minimum absolute atomic E-state index is 0.683. The maximum absolute atomic E-state index is 4.16. The predicted octanol–water partition coefficient (Wildman–Crippen LogP) is 5.46. The van der Waals surface area contributed by atoms with E-state index in [4.69, 9.17) is 0 Å². The Morgan fingerprint density at radius 3 is 2.20 bits per heavy atom. The third-order valence-electron chi connectivity index (χ3n) is 7.91. The molecule has 0 heterocycles. The minimum Gasteiger partial charge on any atom is -0.103 e. The fourth-order valence-corrected chi connectivity index (χ4v) is 7.18. The second-order valence-corrected chi connectivity index (χ2v) is 8.55. The van der Waals surface area contributed by atoms with Gasteiger partial charge in [-0.15, -0.1) is 13.2 Å². The van der Waals surface area contributed by atoms with Crippen molar-refractivity contribution >= 4 is 0 Å². The summed E-state index contributed by atoms with van der Waals surface area (Å²) in [6, 6.07) is 0. The van der Waals surface area contributed by atoms with Gasteiger partial charge in [-0.1, -0.05) is 31.9 Å². The standard InChI is InChI=1S/C20H30/c1-4-13-10-14(5-2)19-16-11-15(18(13)19)12-17(16)20(3)8-6-7-9-20/h4-5,13-19H,1-2,6-12H2,3H3. The van der Waals surface area contributed by atoms with Crippen molar-refractivity contribution in [2.45, 2.75) is 51.9 Å². The number of allylic oxidation sites excluding steroid dienone is 2. The molecule has 0 aromatic rings. The second-order valence-electron chi connectivity index (χ2n) is 8.55. The summed E-state index contributed by atoms with van der Waals surface area (Å²) in [6.07, 6.45) is 14.9. The zero-order chi connectivity index (χ0) is 13.9. The quantitative estimate of drug-likeness (QED) is 0.597. The molecule has 0 spiro atoms. The van der Waals surface area contributed by atoms with Crippen LogP contribution in [-0.4, -0.2) is 0 Å². The normalized spacial score (nSPS) is 52.1. The van der Waals surface area contributed by atoms with Crippen molar-refractivity contribution in [1.82, 2.24) is 0 Å². The van der Waals surface area contributed by atoms with Crippen molar-refractivity contribution in [1.29, 1.82) is 0 Å². The van der Waals surface area contributed by atoms with E-state index < -0.39 is 0 Å². The molecule has 0 radical (unpaired) electrons. The van der Waals surface area contributed by atoms with Crippen LogP contribution in [0.15, 0.2) is 25.3 Å². The molecule has 0 saturated heterocycles. The van der Waals surface area contributed by atoms with Gasteiger partial charge in [-0.25, -0.2) is 0 Å². The lowest BCUT2D eigenvalue weighted by Gasteiger charge is -2.43. The van der Waals surface area contributed by atoms with Gasteiger partial charge in [0.15, 0.2) is 0 Å². The first-order valence-corrected chi connectivity index (χ1v) is 8.93. The van der Waals surface area contributed by atoms with Gasteiger partial charge in [0, 0.05) is 0 Å². The summed E-state index contributed by atoms with van der Waals surface area (Å²) in [5, 5.41) is 0. The van der Waals surface area contributed by atoms with Crippen LogP contribution >= 0.6 is 0 Å². The second kappa shape index (κ2) is 4.49. The first-order chi connectivity index (χ1) is 9.68. The van der Waals surface area contributed by atoms with Crippen molar-refractivity contribution in [3.05, 3.63) is 25.3 Å². The molecule has 0 aromatic carbocycles. The fourth-order valence-electron chi connectivity index (χ4n) is 7.18. The zero-order valence-corrected chi connectivity index (χ0v) is 13.1. The Hall–Kier alpha value is -0.520. The summed E-state index contributed by atoms with van der Waals surface area (Å²) in [5.74, 6) is 6.54. The highest BCUT2D eigenvalue weighted by Gasteiger charge is 2.62. The Morgan fingerprint density at radius 2 is 1.55 bits per heavy atom. The van der Waals surface area contributed by atoms with Crippen LogP contribution in [0.4, 0.5) is 0 Å². The summed E-state index contributed by atoms with van der Waals surface area (Å²) in [7, 11) is 0. The van der Waals surface area contributed by atoms with Gasteiger partial charge >= 0.3 is 0 Å². The topological polar surface area (TPSA) is 0 Å². The van der Waals surface area contributed by atoms with Gasteiger partial charge in [-0.2, -0.15) is 0 Å². The zero-order valence-electron chi connectivity index (χ0n) is 13.1. The lowest BCUT2D eigenvalue weighted by molar-refractivity contribution is 0.0600. The molecule has 110 valence electrons. The molecule has 4 rings (SSSR count). The van der Waals surface area contributed by atoms with Gasteiger partial charge in [-0.05, 0) is 78.9 Å². The summed E-state index contributed by atoms with van der Waals surface area (Å²) in [4.78, 5) is 0. The highest BCUT2D eigenvalue weighted by atomic mass is 14.7. The molecule has 7 unspecified atom stereocenters. The van der Waals surface area contributed by atoms with Crippen LogP contribution in [-0.2, 0) is 0 Å². The molecule has 0 heteroatoms. The molecule has 0 aromatic heterocycles. The predicted molar refractivity (Wildman–Crippen MR) is 85.3 cm³/mol. The van der Waals surface area contributed by atoms with E-state index in [2.05, 4.69) is 32.2 Å². The van der Waals surface area contributed by atoms with Gasteiger partial charge in [0.2, 0.25) is 0 Å². The van der Waals surface area contributed by atoms with E-state index in [1.165, 1.54) is 44.9 Å². The summed E-state index contributed by atoms with van der Waals surface area (Å²) in [6.45, 7) is 10.9. The molecule has 0 N–H and O–H groups in total. The number of hydrogen-bond donors (Lipinski definition) is 0. The summed E-state index contributed by atoms with van der Waals surface area (Å²) in [5.41, 5.74) is 0.683. The number of fused-ring (bicyclic) bond motifs is 5. The highest BCUT2D eigenvalue weighted by molar-refractivity contribution is 5.15. The van der Waals surface area contributed by atoms with E-state index in [1.807, 2.05) is 0 Å². The highest BCUT2D eigenvalue weighted by Crippen LogP contribution is 2.69. The Kier molecular flexibility index (Phi) is 2.95. The Bertz CT molecular complexity index is 414. The molecule has 0 amide bonds. The molecule has 0 aliphatic heterocycles. The lowest BCUT2D eigenvalue weighted by atomic mass is 9.62. The minimum atomic E-state index is 0.683. The van der Waals surface area contributed by atoms with Crippen LogP contribution in [0, 0.1) is 46.8 Å². The number of hydrogen-bond acceptors (Lipinski definition) is 0. The molecule has 7 atom stereocenters.